The molecule has 0 bridgehead atoms. The lowest BCUT2D eigenvalue weighted by molar-refractivity contribution is -0.273. The Morgan fingerprint density at radius 3 is 2.06 bits per heavy atom. The summed E-state index contributed by atoms with van der Waals surface area (Å²) in [5, 5.41) is 0. The molecule has 0 amide bonds. The fraction of sp³-hybridized carbons (Fsp3) is 0.613. The van der Waals surface area contributed by atoms with E-state index >= 15 is 0 Å². The minimum absolute atomic E-state index is 0.126. The summed E-state index contributed by atoms with van der Waals surface area (Å²) in [6.07, 6.45) is 5.77. The van der Waals surface area contributed by atoms with Gasteiger partial charge in [-0.3, -0.25) is 0 Å². The van der Waals surface area contributed by atoms with Crippen molar-refractivity contribution in [2.24, 2.45) is 11.8 Å². The first kappa shape index (κ1) is 27.2. The van der Waals surface area contributed by atoms with Gasteiger partial charge in [0.05, 0.1) is 11.7 Å². The van der Waals surface area contributed by atoms with Gasteiger partial charge >= 0.3 is 6.11 Å². The summed E-state index contributed by atoms with van der Waals surface area (Å²) in [6, 6.07) is 9.95. The van der Waals surface area contributed by atoms with Crippen molar-refractivity contribution in [3.05, 3.63) is 70.3 Å². The van der Waals surface area contributed by atoms with E-state index in [9.17, 15) is 17.6 Å². The van der Waals surface area contributed by atoms with Gasteiger partial charge in [0.2, 0.25) is 0 Å². The molecular weight excluding hydrogens is 464 g/mol. The molecule has 1 unspecified atom stereocenters. The average molecular weight is 505 g/mol. The molecule has 0 aliphatic heterocycles. The third-order valence-corrected chi connectivity index (χ3v) is 8.63. The predicted molar refractivity (Wildman–Crippen MR) is 136 cm³/mol. The number of halogens is 4. The van der Waals surface area contributed by atoms with Crippen molar-refractivity contribution in [2.75, 3.05) is 0 Å². The Bertz CT molecular complexity index is 986. The highest BCUT2D eigenvalue weighted by molar-refractivity contribution is 5.32. The maximum atomic E-state index is 15.0. The van der Waals surface area contributed by atoms with Crippen LogP contribution >= 0.6 is 0 Å². The Hall–Kier alpha value is -1.88. The van der Waals surface area contributed by atoms with Crippen LogP contribution < -0.4 is 0 Å². The molecule has 198 valence electrons. The molecule has 2 saturated carbocycles. The maximum Gasteiger partial charge on any atom is 0.386 e. The molecule has 2 aromatic rings. The van der Waals surface area contributed by atoms with E-state index in [-0.39, 0.29) is 11.5 Å². The molecular formula is C31H40F4O. The first-order chi connectivity index (χ1) is 17.2. The summed E-state index contributed by atoms with van der Waals surface area (Å²) < 4.78 is 64.7. The molecule has 0 radical (unpaired) electrons. The third kappa shape index (κ3) is 6.15. The van der Waals surface area contributed by atoms with Gasteiger partial charge in [0.1, 0.15) is 0 Å². The van der Waals surface area contributed by atoms with E-state index in [4.69, 9.17) is 4.74 Å². The zero-order valence-corrected chi connectivity index (χ0v) is 21.8. The Kier molecular flexibility index (Phi) is 8.80. The van der Waals surface area contributed by atoms with Crippen molar-refractivity contribution in [1.82, 2.24) is 0 Å². The molecule has 0 aromatic heterocycles. The van der Waals surface area contributed by atoms with Crippen molar-refractivity contribution in [2.45, 2.75) is 109 Å². The minimum Gasteiger partial charge on any atom is -0.309 e. The summed E-state index contributed by atoms with van der Waals surface area (Å²) in [5.41, 5.74) is 0.979. The van der Waals surface area contributed by atoms with Crippen LogP contribution in [0.25, 0.3) is 0 Å². The molecule has 2 aliphatic rings. The number of rotatable bonds is 8. The zero-order chi connectivity index (χ0) is 25.9. The summed E-state index contributed by atoms with van der Waals surface area (Å²) in [4.78, 5) is 0. The number of hydrogen-bond donors (Lipinski definition) is 0. The van der Waals surface area contributed by atoms with E-state index in [0.29, 0.717) is 17.4 Å². The Morgan fingerprint density at radius 2 is 1.44 bits per heavy atom. The van der Waals surface area contributed by atoms with E-state index in [2.05, 4.69) is 13.8 Å². The molecule has 0 heterocycles. The number of hydrogen-bond acceptors (Lipinski definition) is 1. The molecule has 5 heteroatoms. The third-order valence-electron chi connectivity index (χ3n) is 8.63. The normalized spacial score (nSPS) is 26.1. The maximum absolute atomic E-state index is 15.0. The monoisotopic (exact) mass is 504 g/mol. The lowest BCUT2D eigenvalue weighted by Gasteiger charge is -2.29. The zero-order valence-electron chi connectivity index (χ0n) is 21.8. The quantitative estimate of drug-likeness (QED) is 0.325. The molecule has 0 N–H and O–H groups in total. The smallest absolute Gasteiger partial charge is 0.309 e. The van der Waals surface area contributed by atoms with Crippen molar-refractivity contribution < 1.29 is 22.3 Å². The van der Waals surface area contributed by atoms with Gasteiger partial charge in [-0.1, -0.05) is 69.9 Å². The van der Waals surface area contributed by atoms with E-state index < -0.39 is 29.4 Å². The highest BCUT2D eigenvalue weighted by Crippen LogP contribution is 2.42. The summed E-state index contributed by atoms with van der Waals surface area (Å²) in [5.74, 6) is -0.904. The van der Waals surface area contributed by atoms with Gasteiger partial charge in [-0.25, -0.2) is 8.78 Å². The van der Waals surface area contributed by atoms with Crippen LogP contribution in [0.15, 0.2) is 36.4 Å². The second kappa shape index (κ2) is 11.7. The standard InChI is InChI=1S/C31H40F4O/c1-4-5-22-8-12-24(13-9-22)25-16-14-23(15-17-25)21(3)36-31(34,35)28-19-18-27(29(32)30(28)33)26-10-6-20(2)7-11-26/h14-22,24,26H,4-13H2,1-3H3. The van der Waals surface area contributed by atoms with Gasteiger partial charge in [0.15, 0.2) is 11.6 Å². The lowest BCUT2D eigenvalue weighted by Crippen LogP contribution is -2.23. The molecule has 2 aromatic carbocycles. The van der Waals surface area contributed by atoms with Gasteiger partial charge < -0.3 is 4.74 Å². The van der Waals surface area contributed by atoms with Gasteiger partial charge in [-0.2, -0.15) is 8.78 Å². The molecule has 4 rings (SSSR count). The molecule has 0 spiro atoms. The van der Waals surface area contributed by atoms with Crippen molar-refractivity contribution in [3.63, 3.8) is 0 Å². The first-order valence-corrected chi connectivity index (χ1v) is 13.8. The molecule has 2 fully saturated rings. The Balaban J connectivity index is 1.41. The topological polar surface area (TPSA) is 9.23 Å². The SMILES string of the molecule is CCCC1CCC(c2ccc(C(C)OC(F)(F)c3ccc(C4CCC(C)CC4)c(F)c3F)cc2)CC1. The van der Waals surface area contributed by atoms with E-state index in [1.165, 1.54) is 44.2 Å². The minimum atomic E-state index is -3.94. The van der Waals surface area contributed by atoms with Gasteiger partial charge in [0, 0.05) is 0 Å². The highest BCUT2D eigenvalue weighted by atomic mass is 19.3. The van der Waals surface area contributed by atoms with Crippen LogP contribution in [-0.2, 0) is 10.8 Å². The number of ether oxygens (including phenoxy) is 1. The van der Waals surface area contributed by atoms with Crippen LogP contribution in [0.4, 0.5) is 17.6 Å². The van der Waals surface area contributed by atoms with Gasteiger partial charge in [0.25, 0.3) is 0 Å². The molecule has 1 nitrogen and oxygen atoms in total. The fourth-order valence-corrected chi connectivity index (χ4v) is 6.26. The summed E-state index contributed by atoms with van der Waals surface area (Å²) in [7, 11) is 0. The predicted octanol–water partition coefficient (Wildman–Crippen LogP) is 10.2. The Labute approximate surface area is 213 Å². The van der Waals surface area contributed by atoms with E-state index in [0.717, 1.165) is 50.5 Å². The molecule has 36 heavy (non-hydrogen) atoms. The first-order valence-electron chi connectivity index (χ1n) is 13.8. The average Bonchev–Trinajstić information content (AvgIpc) is 2.87. The Morgan fingerprint density at radius 1 is 0.833 bits per heavy atom. The van der Waals surface area contributed by atoms with Crippen LogP contribution in [0.5, 0.6) is 0 Å². The van der Waals surface area contributed by atoms with Crippen LogP contribution in [0.2, 0.25) is 0 Å². The summed E-state index contributed by atoms with van der Waals surface area (Å²) >= 11 is 0. The molecule has 2 aliphatic carbocycles. The van der Waals surface area contributed by atoms with E-state index in [1.807, 2.05) is 24.3 Å². The second-order valence-corrected chi connectivity index (χ2v) is 11.2. The lowest BCUT2D eigenvalue weighted by atomic mass is 9.77. The van der Waals surface area contributed by atoms with Crippen LogP contribution in [0, 0.1) is 23.5 Å². The van der Waals surface area contributed by atoms with Crippen molar-refractivity contribution in [3.8, 4) is 0 Å². The van der Waals surface area contributed by atoms with Crippen LogP contribution in [0.1, 0.15) is 125 Å². The van der Waals surface area contributed by atoms with Crippen LogP contribution in [0.3, 0.4) is 0 Å². The molecule has 0 saturated heterocycles. The fourth-order valence-electron chi connectivity index (χ4n) is 6.26. The largest absolute Gasteiger partial charge is 0.386 e. The number of benzene rings is 2. The highest BCUT2D eigenvalue weighted by Gasteiger charge is 2.40. The second-order valence-electron chi connectivity index (χ2n) is 11.2. The van der Waals surface area contributed by atoms with Gasteiger partial charge in [-0.15, -0.1) is 0 Å². The van der Waals surface area contributed by atoms with Crippen molar-refractivity contribution >= 4 is 0 Å². The molecule has 1 atom stereocenters. The van der Waals surface area contributed by atoms with Gasteiger partial charge in [-0.05, 0) is 91.9 Å². The van der Waals surface area contributed by atoms with Crippen LogP contribution in [-0.4, -0.2) is 0 Å². The van der Waals surface area contributed by atoms with Crippen molar-refractivity contribution in [1.29, 1.82) is 0 Å². The number of alkyl halides is 2. The summed E-state index contributed by atoms with van der Waals surface area (Å²) in [6.45, 7) is 5.89. The van der Waals surface area contributed by atoms with E-state index in [1.54, 1.807) is 0 Å².